The molecule has 0 aromatic carbocycles. The Bertz CT molecular complexity index is 181. The SMILES string of the molecule is C=C1N=C(C(C)C)NN1C. The molecule has 0 fully saturated rings. The summed E-state index contributed by atoms with van der Waals surface area (Å²) in [6.07, 6.45) is 0. The molecular weight excluding hydrogens is 126 g/mol. The summed E-state index contributed by atoms with van der Waals surface area (Å²) in [6.45, 7) is 7.93. The lowest BCUT2D eigenvalue weighted by atomic mass is 10.2. The molecule has 56 valence electrons. The van der Waals surface area contributed by atoms with E-state index in [2.05, 4.69) is 30.8 Å². The van der Waals surface area contributed by atoms with Gasteiger partial charge in [0.25, 0.3) is 0 Å². The molecule has 0 bridgehead atoms. The van der Waals surface area contributed by atoms with Gasteiger partial charge in [-0.1, -0.05) is 20.4 Å². The third-order valence-electron chi connectivity index (χ3n) is 1.47. The molecule has 1 aliphatic heterocycles. The van der Waals surface area contributed by atoms with Gasteiger partial charge in [-0.05, 0) is 0 Å². The molecule has 0 aliphatic carbocycles. The van der Waals surface area contributed by atoms with Gasteiger partial charge in [-0.2, -0.15) is 0 Å². The van der Waals surface area contributed by atoms with Crippen molar-refractivity contribution >= 4 is 5.84 Å². The molecule has 0 unspecified atom stereocenters. The van der Waals surface area contributed by atoms with Crippen LogP contribution in [0.1, 0.15) is 13.8 Å². The van der Waals surface area contributed by atoms with Crippen LogP contribution in [0.15, 0.2) is 17.4 Å². The Balaban J connectivity index is 2.67. The van der Waals surface area contributed by atoms with Gasteiger partial charge < -0.3 is 0 Å². The van der Waals surface area contributed by atoms with E-state index in [0.717, 1.165) is 11.7 Å². The zero-order valence-corrected chi connectivity index (χ0v) is 6.68. The first-order valence-corrected chi connectivity index (χ1v) is 3.39. The molecule has 1 rings (SSSR count). The molecule has 10 heavy (non-hydrogen) atoms. The van der Waals surface area contributed by atoms with E-state index in [1.165, 1.54) is 0 Å². The van der Waals surface area contributed by atoms with Crippen LogP contribution in [-0.2, 0) is 0 Å². The standard InChI is InChI=1S/C7H13N3/c1-5(2)7-8-6(3)10(4)9-7/h5H,3H2,1-2,4H3,(H,8,9). The van der Waals surface area contributed by atoms with Crippen LogP contribution >= 0.6 is 0 Å². The predicted molar refractivity (Wildman–Crippen MR) is 42.3 cm³/mol. The molecule has 0 spiro atoms. The predicted octanol–water partition coefficient (Wildman–Crippen LogP) is 0.962. The van der Waals surface area contributed by atoms with Crippen LogP contribution in [0.5, 0.6) is 0 Å². The fourth-order valence-electron chi connectivity index (χ4n) is 0.734. The van der Waals surface area contributed by atoms with Crippen molar-refractivity contribution in [2.75, 3.05) is 7.05 Å². The smallest absolute Gasteiger partial charge is 0.141 e. The number of amidine groups is 1. The van der Waals surface area contributed by atoms with Gasteiger partial charge >= 0.3 is 0 Å². The molecule has 0 amide bonds. The topological polar surface area (TPSA) is 27.6 Å². The summed E-state index contributed by atoms with van der Waals surface area (Å²) in [6, 6.07) is 0. The first-order valence-electron chi connectivity index (χ1n) is 3.39. The van der Waals surface area contributed by atoms with Gasteiger partial charge in [0.15, 0.2) is 0 Å². The number of nitrogens with one attached hydrogen (secondary N) is 1. The first-order chi connectivity index (χ1) is 4.61. The summed E-state index contributed by atoms with van der Waals surface area (Å²) in [5.74, 6) is 2.22. The van der Waals surface area contributed by atoms with E-state index in [1.54, 1.807) is 0 Å². The molecule has 0 aromatic rings. The van der Waals surface area contributed by atoms with E-state index in [9.17, 15) is 0 Å². The van der Waals surface area contributed by atoms with Crippen LogP contribution < -0.4 is 5.43 Å². The summed E-state index contributed by atoms with van der Waals surface area (Å²) < 4.78 is 0. The summed E-state index contributed by atoms with van der Waals surface area (Å²) in [4.78, 5) is 4.21. The van der Waals surface area contributed by atoms with Gasteiger partial charge in [0.2, 0.25) is 0 Å². The maximum absolute atomic E-state index is 4.21. The van der Waals surface area contributed by atoms with E-state index in [4.69, 9.17) is 0 Å². The fourth-order valence-corrected chi connectivity index (χ4v) is 0.734. The molecule has 3 nitrogen and oxygen atoms in total. The molecule has 1 aliphatic rings. The molecule has 0 saturated carbocycles. The second-order valence-electron chi connectivity index (χ2n) is 2.74. The van der Waals surface area contributed by atoms with Crippen LogP contribution in [0.2, 0.25) is 0 Å². The molecule has 0 radical (unpaired) electrons. The zero-order valence-electron chi connectivity index (χ0n) is 6.68. The van der Waals surface area contributed by atoms with Gasteiger partial charge in [0, 0.05) is 13.0 Å². The highest BCUT2D eigenvalue weighted by molar-refractivity contribution is 5.86. The first kappa shape index (κ1) is 7.12. The highest BCUT2D eigenvalue weighted by Crippen LogP contribution is 2.08. The van der Waals surface area contributed by atoms with Crippen LogP contribution in [0.3, 0.4) is 0 Å². The van der Waals surface area contributed by atoms with Gasteiger partial charge in [-0.25, -0.2) is 4.99 Å². The van der Waals surface area contributed by atoms with Crippen LogP contribution in [-0.4, -0.2) is 17.9 Å². The Labute approximate surface area is 61.4 Å². The molecular formula is C7H13N3. The monoisotopic (exact) mass is 139 g/mol. The van der Waals surface area contributed by atoms with E-state index in [0.29, 0.717) is 5.92 Å². The summed E-state index contributed by atoms with van der Waals surface area (Å²) in [7, 11) is 1.90. The van der Waals surface area contributed by atoms with Crippen molar-refractivity contribution < 1.29 is 0 Å². The largest absolute Gasteiger partial charge is 0.284 e. The molecule has 0 saturated heterocycles. The third-order valence-corrected chi connectivity index (χ3v) is 1.47. The number of hydrogen-bond acceptors (Lipinski definition) is 3. The minimum Gasteiger partial charge on any atom is -0.284 e. The maximum atomic E-state index is 4.21. The normalized spacial score (nSPS) is 17.8. The molecule has 0 aromatic heterocycles. The van der Waals surface area contributed by atoms with Crippen molar-refractivity contribution in [2.24, 2.45) is 10.9 Å². The Kier molecular flexibility index (Phi) is 1.66. The minimum atomic E-state index is 0.446. The van der Waals surface area contributed by atoms with E-state index in [-0.39, 0.29) is 0 Å². The third kappa shape index (κ3) is 1.12. The Morgan fingerprint density at radius 2 is 2.20 bits per heavy atom. The van der Waals surface area contributed by atoms with Crippen LogP contribution in [0.4, 0.5) is 0 Å². The van der Waals surface area contributed by atoms with Gasteiger partial charge in [-0.3, -0.25) is 10.4 Å². The Morgan fingerprint density at radius 1 is 1.60 bits per heavy atom. The quantitative estimate of drug-likeness (QED) is 0.586. The van der Waals surface area contributed by atoms with E-state index < -0.39 is 0 Å². The lowest BCUT2D eigenvalue weighted by molar-refractivity contribution is 0.390. The maximum Gasteiger partial charge on any atom is 0.141 e. The van der Waals surface area contributed by atoms with Crippen molar-refractivity contribution in [1.82, 2.24) is 10.4 Å². The molecule has 0 atom stereocenters. The summed E-state index contributed by atoms with van der Waals surface area (Å²) >= 11 is 0. The lowest BCUT2D eigenvalue weighted by Gasteiger charge is -2.12. The van der Waals surface area contributed by atoms with Gasteiger partial charge in [-0.15, -0.1) is 0 Å². The Hall–Kier alpha value is -0.990. The molecule has 1 heterocycles. The number of nitrogens with zero attached hydrogens (tertiary/aromatic N) is 2. The second kappa shape index (κ2) is 2.33. The van der Waals surface area contributed by atoms with Crippen molar-refractivity contribution in [1.29, 1.82) is 0 Å². The fraction of sp³-hybridized carbons (Fsp3) is 0.571. The van der Waals surface area contributed by atoms with Crippen LogP contribution in [0, 0.1) is 5.92 Å². The number of rotatable bonds is 1. The van der Waals surface area contributed by atoms with E-state index >= 15 is 0 Å². The van der Waals surface area contributed by atoms with Crippen molar-refractivity contribution in [2.45, 2.75) is 13.8 Å². The lowest BCUT2D eigenvalue weighted by Crippen LogP contribution is -2.33. The highest BCUT2D eigenvalue weighted by atomic mass is 15.6. The van der Waals surface area contributed by atoms with Crippen molar-refractivity contribution in [3.8, 4) is 0 Å². The van der Waals surface area contributed by atoms with Crippen LogP contribution in [0.25, 0.3) is 0 Å². The number of aliphatic imine (C=N–C) groups is 1. The zero-order chi connectivity index (χ0) is 7.72. The molecule has 1 N–H and O–H groups in total. The van der Waals surface area contributed by atoms with Crippen molar-refractivity contribution in [3.05, 3.63) is 12.4 Å². The minimum absolute atomic E-state index is 0.446. The van der Waals surface area contributed by atoms with Crippen molar-refractivity contribution in [3.63, 3.8) is 0 Å². The second-order valence-corrected chi connectivity index (χ2v) is 2.74. The van der Waals surface area contributed by atoms with Gasteiger partial charge in [0.1, 0.15) is 11.7 Å². The average Bonchev–Trinajstić information content (AvgIpc) is 2.13. The van der Waals surface area contributed by atoms with E-state index in [1.807, 2.05) is 12.1 Å². The average molecular weight is 139 g/mol. The summed E-state index contributed by atoms with van der Waals surface area (Å²) in [5.41, 5.74) is 3.09. The summed E-state index contributed by atoms with van der Waals surface area (Å²) in [5, 5.41) is 1.81. The highest BCUT2D eigenvalue weighted by Gasteiger charge is 2.15. The molecule has 3 heteroatoms. The Morgan fingerprint density at radius 3 is 2.40 bits per heavy atom. The number of hydrogen-bond donors (Lipinski definition) is 1. The van der Waals surface area contributed by atoms with Gasteiger partial charge in [0.05, 0.1) is 0 Å². The number of hydrazine groups is 1.